The molecule has 0 aromatic carbocycles. The van der Waals surface area contributed by atoms with Crippen LogP contribution < -0.4 is 0 Å². The molecular formula is C39H72O12S. The summed E-state index contributed by atoms with van der Waals surface area (Å²) in [5.74, 6) is -1.98. The van der Waals surface area contributed by atoms with E-state index in [4.69, 9.17) is 18.9 Å². The fraction of sp³-hybridized carbons (Fsp3) is 0.897. The molecule has 0 aromatic rings. The zero-order valence-corrected chi connectivity index (χ0v) is 33.0. The van der Waals surface area contributed by atoms with E-state index in [1.165, 1.54) is 77.0 Å². The lowest BCUT2D eigenvalue weighted by molar-refractivity contribution is -0.297. The SMILES string of the molecule is CCCCCC/C=C/CCCCCCCCCC(=O)O[C@H](COC(=O)CCCCCCCCCCC)CO[C@H]1O[C@H](CS(=O)(=O)O)[C@@H](O)C(O)C1O. The largest absolute Gasteiger partial charge is 0.462 e. The summed E-state index contributed by atoms with van der Waals surface area (Å²) in [5.41, 5.74) is 0. The fourth-order valence-electron chi connectivity index (χ4n) is 6.14. The summed E-state index contributed by atoms with van der Waals surface area (Å²) >= 11 is 0. The van der Waals surface area contributed by atoms with Crippen molar-refractivity contribution >= 4 is 22.1 Å². The third kappa shape index (κ3) is 25.4. The van der Waals surface area contributed by atoms with Gasteiger partial charge in [-0.15, -0.1) is 0 Å². The molecule has 0 radical (unpaired) electrons. The van der Waals surface area contributed by atoms with Crippen molar-refractivity contribution in [2.75, 3.05) is 19.0 Å². The number of rotatable bonds is 33. The third-order valence-electron chi connectivity index (χ3n) is 9.35. The monoisotopic (exact) mass is 764 g/mol. The summed E-state index contributed by atoms with van der Waals surface area (Å²) in [6, 6.07) is 0. The number of hydrogen-bond donors (Lipinski definition) is 4. The summed E-state index contributed by atoms with van der Waals surface area (Å²) in [6.45, 7) is 3.70. The molecule has 12 nitrogen and oxygen atoms in total. The van der Waals surface area contributed by atoms with Crippen LogP contribution in [0.5, 0.6) is 0 Å². The first-order chi connectivity index (χ1) is 25.0. The quantitative estimate of drug-likeness (QED) is 0.0230. The van der Waals surface area contributed by atoms with Gasteiger partial charge in [0.05, 0.1) is 6.61 Å². The van der Waals surface area contributed by atoms with Gasteiger partial charge in [-0.2, -0.15) is 8.42 Å². The van der Waals surface area contributed by atoms with Crippen LogP contribution in [0.4, 0.5) is 0 Å². The molecule has 1 fully saturated rings. The zero-order chi connectivity index (χ0) is 38.5. The number of esters is 2. The highest BCUT2D eigenvalue weighted by molar-refractivity contribution is 7.85. The maximum absolute atomic E-state index is 12.7. The van der Waals surface area contributed by atoms with Crippen LogP contribution >= 0.6 is 0 Å². The highest BCUT2D eigenvalue weighted by Gasteiger charge is 2.46. The van der Waals surface area contributed by atoms with E-state index in [9.17, 15) is 37.9 Å². The standard InChI is InChI=1S/C39H72O12S/c1-3-5-7-9-11-13-14-15-16-17-18-20-22-24-26-28-35(41)50-32(29-48-34(40)27-25-23-21-19-12-10-8-6-4-2)30-49-39-38(44)37(43)36(42)33(51-39)31-52(45,46)47/h13-14,32-33,36-39,42-44H,3-12,15-31H2,1-2H3,(H,45,46,47)/b14-13+/t32-,33-,36-,37?,38?,39+/m1/s1. The molecule has 1 heterocycles. The second-order valence-electron chi connectivity index (χ2n) is 14.3. The number of allylic oxidation sites excluding steroid dienone is 2. The van der Waals surface area contributed by atoms with Gasteiger partial charge in [-0.1, -0.05) is 129 Å². The van der Waals surface area contributed by atoms with Crippen LogP contribution in [0.1, 0.15) is 168 Å². The Morgan fingerprint density at radius 3 is 1.62 bits per heavy atom. The second kappa shape index (κ2) is 30.7. The van der Waals surface area contributed by atoms with Crippen molar-refractivity contribution < 1.29 is 56.8 Å². The Labute approximate surface area is 314 Å². The van der Waals surface area contributed by atoms with Crippen molar-refractivity contribution in [2.45, 2.75) is 205 Å². The molecule has 6 atom stereocenters. The number of hydrogen-bond acceptors (Lipinski definition) is 11. The molecule has 0 aromatic heterocycles. The zero-order valence-electron chi connectivity index (χ0n) is 32.2. The van der Waals surface area contributed by atoms with Crippen LogP contribution in [-0.2, 0) is 38.7 Å². The minimum atomic E-state index is -4.59. The van der Waals surface area contributed by atoms with Crippen molar-refractivity contribution in [2.24, 2.45) is 0 Å². The molecule has 306 valence electrons. The Bertz CT molecular complexity index is 1040. The van der Waals surface area contributed by atoms with E-state index >= 15 is 0 Å². The first-order valence-corrected chi connectivity index (χ1v) is 21.9. The highest BCUT2D eigenvalue weighted by Crippen LogP contribution is 2.24. The lowest BCUT2D eigenvalue weighted by atomic mass is 10.00. The maximum Gasteiger partial charge on any atom is 0.306 e. The minimum absolute atomic E-state index is 0.163. The molecule has 0 saturated carbocycles. The number of unbranched alkanes of at least 4 members (excludes halogenated alkanes) is 19. The van der Waals surface area contributed by atoms with E-state index in [-0.39, 0.29) is 19.4 Å². The second-order valence-corrected chi connectivity index (χ2v) is 15.8. The van der Waals surface area contributed by atoms with Crippen molar-refractivity contribution in [3.05, 3.63) is 12.2 Å². The topological polar surface area (TPSA) is 186 Å². The van der Waals surface area contributed by atoms with E-state index in [1.54, 1.807) is 0 Å². The van der Waals surface area contributed by atoms with Crippen molar-refractivity contribution in [3.63, 3.8) is 0 Å². The van der Waals surface area contributed by atoms with Crippen LogP contribution in [0.3, 0.4) is 0 Å². The van der Waals surface area contributed by atoms with Gasteiger partial charge in [0.15, 0.2) is 12.4 Å². The van der Waals surface area contributed by atoms with Crippen molar-refractivity contribution in [1.29, 1.82) is 0 Å². The predicted octanol–water partition coefficient (Wildman–Crippen LogP) is 7.11. The van der Waals surface area contributed by atoms with Gasteiger partial charge in [-0.25, -0.2) is 0 Å². The first-order valence-electron chi connectivity index (χ1n) is 20.2. The molecule has 2 unspecified atom stereocenters. The summed E-state index contributed by atoms with van der Waals surface area (Å²) < 4.78 is 53.8. The van der Waals surface area contributed by atoms with Gasteiger partial charge in [-0.3, -0.25) is 14.1 Å². The molecule has 0 amide bonds. The molecule has 1 rings (SSSR count). The molecular weight excluding hydrogens is 692 g/mol. The molecule has 13 heteroatoms. The minimum Gasteiger partial charge on any atom is -0.462 e. The molecule has 1 aliphatic rings. The molecule has 0 aliphatic carbocycles. The molecule has 1 saturated heterocycles. The third-order valence-corrected chi connectivity index (χ3v) is 10.1. The fourth-order valence-corrected chi connectivity index (χ4v) is 6.83. The van der Waals surface area contributed by atoms with E-state index in [0.29, 0.717) is 12.8 Å². The van der Waals surface area contributed by atoms with Crippen LogP contribution in [0.2, 0.25) is 0 Å². The summed E-state index contributed by atoms with van der Waals surface area (Å²) in [4.78, 5) is 25.2. The number of ether oxygens (including phenoxy) is 4. The number of carbonyl (C=O) groups is 2. The Kier molecular flexibility index (Phi) is 28.6. The van der Waals surface area contributed by atoms with E-state index in [1.807, 2.05) is 0 Å². The summed E-state index contributed by atoms with van der Waals surface area (Å²) in [7, 11) is -4.59. The van der Waals surface area contributed by atoms with Crippen molar-refractivity contribution in [3.8, 4) is 0 Å². The van der Waals surface area contributed by atoms with Gasteiger partial charge in [-0.05, 0) is 38.5 Å². The van der Waals surface area contributed by atoms with Crippen LogP contribution in [-0.4, -0.2) is 96.0 Å². The van der Waals surface area contributed by atoms with E-state index < -0.39 is 71.2 Å². The van der Waals surface area contributed by atoms with Gasteiger partial charge < -0.3 is 34.3 Å². The van der Waals surface area contributed by atoms with Crippen LogP contribution in [0.25, 0.3) is 0 Å². The summed E-state index contributed by atoms with van der Waals surface area (Å²) in [5, 5.41) is 30.7. The Balaban J connectivity index is 2.49. The Hall–Kier alpha value is -1.61. The number of aliphatic hydroxyl groups excluding tert-OH is 3. The smallest absolute Gasteiger partial charge is 0.306 e. The first kappa shape index (κ1) is 48.4. The van der Waals surface area contributed by atoms with E-state index in [2.05, 4.69) is 26.0 Å². The van der Waals surface area contributed by atoms with Crippen LogP contribution in [0, 0.1) is 0 Å². The van der Waals surface area contributed by atoms with Crippen LogP contribution in [0.15, 0.2) is 12.2 Å². The summed E-state index contributed by atoms with van der Waals surface area (Å²) in [6.07, 6.45) is 19.9. The number of carbonyl (C=O) groups excluding carboxylic acids is 2. The lowest BCUT2D eigenvalue weighted by Gasteiger charge is -2.40. The van der Waals surface area contributed by atoms with Crippen molar-refractivity contribution in [1.82, 2.24) is 0 Å². The highest BCUT2D eigenvalue weighted by atomic mass is 32.2. The average Bonchev–Trinajstić information content (AvgIpc) is 3.10. The maximum atomic E-state index is 12.7. The molecule has 0 spiro atoms. The van der Waals surface area contributed by atoms with E-state index in [0.717, 1.165) is 51.4 Å². The Morgan fingerprint density at radius 1 is 0.635 bits per heavy atom. The average molecular weight is 765 g/mol. The van der Waals surface area contributed by atoms with Gasteiger partial charge in [0.1, 0.15) is 36.8 Å². The normalized spacial score (nSPS) is 21.4. The Morgan fingerprint density at radius 2 is 1.10 bits per heavy atom. The van der Waals surface area contributed by atoms with Gasteiger partial charge in [0.25, 0.3) is 10.1 Å². The molecule has 1 aliphatic heterocycles. The lowest BCUT2D eigenvalue weighted by Crippen LogP contribution is -2.60. The molecule has 4 N–H and O–H groups in total. The molecule has 52 heavy (non-hydrogen) atoms. The predicted molar refractivity (Wildman–Crippen MR) is 201 cm³/mol. The number of aliphatic hydroxyl groups is 3. The van der Waals surface area contributed by atoms with Gasteiger partial charge in [0.2, 0.25) is 0 Å². The van der Waals surface area contributed by atoms with Gasteiger partial charge >= 0.3 is 11.9 Å². The van der Waals surface area contributed by atoms with Gasteiger partial charge in [0, 0.05) is 12.8 Å². The molecule has 0 bridgehead atoms.